The summed E-state index contributed by atoms with van der Waals surface area (Å²) in [4.78, 5) is 12.9. The molecular weight excluding hydrogens is 544 g/mol. The van der Waals surface area contributed by atoms with E-state index in [0.29, 0.717) is 35.6 Å². The zero-order valence-electron chi connectivity index (χ0n) is 25.8. The number of benzene rings is 2. The molecule has 0 radical (unpaired) electrons. The number of carbonyl (C=O) groups is 1. The van der Waals surface area contributed by atoms with E-state index in [4.69, 9.17) is 0 Å². The molecule has 10 atom stereocenters. The van der Waals surface area contributed by atoms with Crippen molar-refractivity contribution in [2.75, 3.05) is 6.54 Å². The number of aliphatic hydroxyl groups is 1. The number of aliphatic hydroxyl groups excluding tert-OH is 1. The molecule has 0 aliphatic heterocycles. The molecule has 4 aliphatic rings. The molecule has 2 amide bonds. The summed E-state index contributed by atoms with van der Waals surface area (Å²) in [5.41, 5.74) is 0.607. The molecule has 4 fully saturated rings. The number of carbonyl (C=O) groups excluding carboxylic acids is 1. The van der Waals surface area contributed by atoms with Crippen LogP contribution in [0.25, 0.3) is 10.8 Å². The molecule has 6 nitrogen and oxygen atoms in total. The molecule has 4 aliphatic carbocycles. The number of urea groups is 1. The van der Waals surface area contributed by atoms with E-state index in [1.807, 2.05) is 24.3 Å². The summed E-state index contributed by atoms with van der Waals surface area (Å²) in [7, 11) is -3.97. The second kappa shape index (κ2) is 11.1. The Morgan fingerprint density at radius 3 is 2.43 bits per heavy atom. The summed E-state index contributed by atoms with van der Waals surface area (Å²) in [6, 6.07) is 11.8. The van der Waals surface area contributed by atoms with Gasteiger partial charge in [0.1, 0.15) is 0 Å². The summed E-state index contributed by atoms with van der Waals surface area (Å²) in [5.74, 6) is 4.37. The summed E-state index contributed by atoms with van der Waals surface area (Å²) in [6.07, 6.45) is 10.5. The molecule has 6 rings (SSSR count). The van der Waals surface area contributed by atoms with Crippen LogP contribution in [0.1, 0.15) is 85.5 Å². The van der Waals surface area contributed by atoms with E-state index < -0.39 is 16.1 Å². The predicted molar refractivity (Wildman–Crippen MR) is 167 cm³/mol. The average Bonchev–Trinajstić information content (AvgIpc) is 3.33. The Hall–Kier alpha value is -2.12. The van der Waals surface area contributed by atoms with Crippen molar-refractivity contribution < 1.29 is 18.3 Å². The first kappa shape index (κ1) is 29.9. The minimum Gasteiger partial charge on any atom is -0.393 e. The van der Waals surface area contributed by atoms with Gasteiger partial charge in [-0.05, 0) is 127 Å². The summed E-state index contributed by atoms with van der Waals surface area (Å²) < 4.78 is 28.2. The molecule has 0 spiro atoms. The van der Waals surface area contributed by atoms with E-state index >= 15 is 0 Å². The van der Waals surface area contributed by atoms with E-state index in [0.717, 1.165) is 35.4 Å². The van der Waals surface area contributed by atoms with Gasteiger partial charge in [0.2, 0.25) is 0 Å². The molecule has 0 aromatic heterocycles. The standard InChI is InChI=1S/C35H50N2O4S/c1-5-23-19-28-30-13-12-29(34(30,3)17-15-31(28)35(4)16-14-26(38)20-32(23)35)22(2)21-36-33(39)37-42(40,41)27-11-10-24-8-6-7-9-25(24)18-27/h6-11,18,22-23,26,28-32,38H,5,12-17,19-21H2,1-4H3,(H2,36,37,39)/t22-,23+,26-,28+,29-,30+,31+,32+,34-,35-/m1/s1. The van der Waals surface area contributed by atoms with Crippen LogP contribution in [-0.2, 0) is 10.0 Å². The third kappa shape index (κ3) is 5.06. The minimum absolute atomic E-state index is 0.0913. The third-order valence-corrected chi connectivity index (χ3v) is 14.3. The molecule has 0 unspecified atom stereocenters. The zero-order valence-corrected chi connectivity index (χ0v) is 26.6. The van der Waals surface area contributed by atoms with Crippen LogP contribution in [-0.4, -0.2) is 32.2 Å². The maximum absolute atomic E-state index is 13.0. The number of nitrogens with one attached hydrogen (secondary N) is 2. The van der Waals surface area contributed by atoms with Gasteiger partial charge < -0.3 is 10.4 Å². The largest absolute Gasteiger partial charge is 0.393 e. The van der Waals surface area contributed by atoms with Crippen molar-refractivity contribution >= 4 is 26.8 Å². The average molecular weight is 595 g/mol. The second-order valence-corrected chi connectivity index (χ2v) is 16.5. The number of hydrogen-bond acceptors (Lipinski definition) is 4. The van der Waals surface area contributed by atoms with Gasteiger partial charge in [-0.25, -0.2) is 17.9 Å². The van der Waals surface area contributed by atoms with E-state index in [2.05, 4.69) is 37.7 Å². The Morgan fingerprint density at radius 1 is 0.952 bits per heavy atom. The molecular formula is C35H50N2O4S. The highest BCUT2D eigenvalue weighted by Gasteiger charge is 2.62. The van der Waals surface area contributed by atoms with Gasteiger partial charge in [-0.2, -0.15) is 0 Å². The van der Waals surface area contributed by atoms with Crippen LogP contribution >= 0.6 is 0 Å². The van der Waals surface area contributed by atoms with Crippen LogP contribution in [0.15, 0.2) is 47.4 Å². The lowest BCUT2D eigenvalue weighted by molar-refractivity contribution is -0.152. The third-order valence-electron chi connectivity index (χ3n) is 12.9. The highest BCUT2D eigenvalue weighted by molar-refractivity contribution is 7.90. The van der Waals surface area contributed by atoms with Crippen LogP contribution in [0.4, 0.5) is 4.79 Å². The van der Waals surface area contributed by atoms with Gasteiger partial charge in [0.15, 0.2) is 0 Å². The highest BCUT2D eigenvalue weighted by atomic mass is 32.2. The lowest BCUT2D eigenvalue weighted by Gasteiger charge is -2.63. The molecule has 4 saturated carbocycles. The lowest BCUT2D eigenvalue weighted by Crippen LogP contribution is -2.57. The Balaban J connectivity index is 1.10. The molecule has 42 heavy (non-hydrogen) atoms. The Kier molecular flexibility index (Phi) is 7.91. The van der Waals surface area contributed by atoms with Gasteiger partial charge in [0, 0.05) is 6.54 Å². The highest BCUT2D eigenvalue weighted by Crippen LogP contribution is 2.69. The van der Waals surface area contributed by atoms with Crippen molar-refractivity contribution in [3.8, 4) is 0 Å². The Bertz CT molecular complexity index is 1430. The fourth-order valence-corrected chi connectivity index (χ4v) is 11.8. The first-order valence-electron chi connectivity index (χ1n) is 16.4. The monoisotopic (exact) mass is 594 g/mol. The van der Waals surface area contributed by atoms with Crippen molar-refractivity contribution in [1.82, 2.24) is 10.0 Å². The zero-order chi connectivity index (χ0) is 29.9. The summed E-state index contributed by atoms with van der Waals surface area (Å²) >= 11 is 0. The van der Waals surface area contributed by atoms with Gasteiger partial charge in [-0.1, -0.05) is 64.4 Å². The fourth-order valence-electron chi connectivity index (χ4n) is 10.9. The summed E-state index contributed by atoms with van der Waals surface area (Å²) in [5, 5.41) is 15.2. The molecule has 3 N–H and O–H groups in total. The van der Waals surface area contributed by atoms with Crippen molar-refractivity contribution in [1.29, 1.82) is 0 Å². The SMILES string of the molecule is CC[C@H]1C[C@@H]2[C@H](CC[C@]3(C)[C@@H]([C@H](C)CNC(=O)NS(=O)(=O)c4ccc5ccccc5c4)CC[C@@H]23)[C@@]2(C)CC[C@@H](O)C[C@@H]12. The molecule has 2 aromatic carbocycles. The van der Waals surface area contributed by atoms with Crippen LogP contribution < -0.4 is 10.0 Å². The maximum Gasteiger partial charge on any atom is 0.328 e. The molecule has 0 saturated heterocycles. The predicted octanol–water partition coefficient (Wildman–Crippen LogP) is 7.12. The van der Waals surface area contributed by atoms with Crippen molar-refractivity contribution in [3.05, 3.63) is 42.5 Å². The maximum atomic E-state index is 13.0. The van der Waals surface area contributed by atoms with Gasteiger partial charge in [0.05, 0.1) is 11.0 Å². The van der Waals surface area contributed by atoms with E-state index in [-0.39, 0.29) is 22.3 Å². The number of hydrogen-bond donors (Lipinski definition) is 3. The van der Waals surface area contributed by atoms with Crippen LogP contribution in [0, 0.1) is 52.3 Å². The Labute approximate surface area is 252 Å². The smallest absolute Gasteiger partial charge is 0.328 e. The molecule has 0 heterocycles. The second-order valence-electron chi connectivity index (χ2n) is 14.9. The molecule has 7 heteroatoms. The molecule has 230 valence electrons. The van der Waals surface area contributed by atoms with Crippen molar-refractivity contribution in [2.45, 2.75) is 96.5 Å². The van der Waals surface area contributed by atoms with Gasteiger partial charge in [-0.3, -0.25) is 0 Å². The fraction of sp³-hybridized carbons (Fsp3) is 0.686. The van der Waals surface area contributed by atoms with Crippen molar-refractivity contribution in [2.24, 2.45) is 52.3 Å². The quantitative estimate of drug-likeness (QED) is 0.332. The first-order valence-corrected chi connectivity index (χ1v) is 17.9. The number of sulfonamides is 1. The molecule has 0 bridgehead atoms. The van der Waals surface area contributed by atoms with Gasteiger partial charge in [0.25, 0.3) is 10.0 Å². The molecule has 2 aromatic rings. The number of amides is 2. The van der Waals surface area contributed by atoms with Crippen molar-refractivity contribution in [3.63, 3.8) is 0 Å². The van der Waals surface area contributed by atoms with Gasteiger partial charge >= 0.3 is 6.03 Å². The first-order chi connectivity index (χ1) is 20.0. The van der Waals surface area contributed by atoms with Crippen LogP contribution in [0.3, 0.4) is 0 Å². The Morgan fingerprint density at radius 2 is 1.67 bits per heavy atom. The lowest BCUT2D eigenvalue weighted by atomic mass is 9.42. The van der Waals surface area contributed by atoms with E-state index in [1.165, 1.54) is 44.9 Å². The number of rotatable bonds is 6. The topological polar surface area (TPSA) is 95.5 Å². The van der Waals surface area contributed by atoms with Crippen LogP contribution in [0.5, 0.6) is 0 Å². The van der Waals surface area contributed by atoms with E-state index in [1.54, 1.807) is 18.2 Å². The van der Waals surface area contributed by atoms with E-state index in [9.17, 15) is 18.3 Å². The number of fused-ring (bicyclic) bond motifs is 6. The minimum atomic E-state index is -3.97. The normalized spacial score (nSPS) is 38.6. The van der Waals surface area contributed by atoms with Gasteiger partial charge in [-0.15, -0.1) is 0 Å². The summed E-state index contributed by atoms with van der Waals surface area (Å²) in [6.45, 7) is 10.1. The van der Waals surface area contributed by atoms with Crippen LogP contribution in [0.2, 0.25) is 0 Å².